The normalized spacial score (nSPS) is 19.1. The molecule has 0 spiro atoms. The van der Waals surface area contributed by atoms with Gasteiger partial charge in [-0.25, -0.2) is 8.78 Å². The fourth-order valence-electron chi connectivity index (χ4n) is 1.54. The number of alkyl halides is 4. The van der Waals surface area contributed by atoms with Crippen molar-refractivity contribution in [1.82, 2.24) is 0 Å². The van der Waals surface area contributed by atoms with E-state index in [4.69, 9.17) is 10.8 Å². The molecule has 0 amide bonds. The fraction of sp³-hybridized carbons (Fsp3) is 0.455. The van der Waals surface area contributed by atoms with Crippen LogP contribution in [0.1, 0.15) is 12.5 Å². The van der Waals surface area contributed by atoms with Crippen LogP contribution < -0.4 is 5.73 Å². The van der Waals surface area contributed by atoms with Crippen LogP contribution in [0, 0.1) is 5.82 Å². The van der Waals surface area contributed by atoms with Crippen LogP contribution in [-0.4, -0.2) is 23.6 Å². The van der Waals surface area contributed by atoms with Crippen LogP contribution in [0.15, 0.2) is 24.3 Å². The molecule has 0 radical (unpaired) electrons. The summed E-state index contributed by atoms with van der Waals surface area (Å²) in [6.45, 7) is 0.894. The quantitative estimate of drug-likeness (QED) is 0.827. The van der Waals surface area contributed by atoms with Crippen molar-refractivity contribution >= 4 is 0 Å². The molecule has 3 N–H and O–H groups in total. The van der Waals surface area contributed by atoms with Gasteiger partial charge in [-0.15, -0.1) is 0 Å². The molecule has 1 aromatic rings. The molecule has 0 aromatic heterocycles. The lowest BCUT2D eigenvalue weighted by atomic mass is 9.85. The van der Waals surface area contributed by atoms with Gasteiger partial charge < -0.3 is 10.8 Å². The third-order valence-corrected chi connectivity index (χ3v) is 2.64. The van der Waals surface area contributed by atoms with E-state index in [9.17, 15) is 22.0 Å². The van der Waals surface area contributed by atoms with Crippen LogP contribution in [0.4, 0.5) is 22.0 Å². The van der Waals surface area contributed by atoms with Crippen molar-refractivity contribution in [3.8, 4) is 0 Å². The molecular weight excluding hydrogens is 257 g/mol. The molecular formula is C11H12F5NO. The molecule has 102 valence electrons. The molecule has 0 saturated heterocycles. The Balaban J connectivity index is 3.11. The highest BCUT2D eigenvalue weighted by molar-refractivity contribution is 5.27. The number of rotatable bonds is 3. The van der Waals surface area contributed by atoms with Crippen LogP contribution >= 0.6 is 0 Å². The summed E-state index contributed by atoms with van der Waals surface area (Å²) < 4.78 is 63.7. The zero-order valence-electron chi connectivity index (χ0n) is 9.38. The van der Waals surface area contributed by atoms with Gasteiger partial charge in [-0.1, -0.05) is 18.2 Å². The van der Waals surface area contributed by atoms with E-state index >= 15 is 0 Å². The summed E-state index contributed by atoms with van der Waals surface area (Å²) in [5.74, 6) is -0.931. The second kappa shape index (κ2) is 4.81. The molecule has 18 heavy (non-hydrogen) atoms. The van der Waals surface area contributed by atoms with Crippen LogP contribution in [0.5, 0.6) is 0 Å². The first-order valence-electron chi connectivity index (χ1n) is 5.01. The Morgan fingerprint density at radius 3 is 2.17 bits per heavy atom. The molecule has 0 aliphatic rings. The Labute approximate surface area is 100 Å². The summed E-state index contributed by atoms with van der Waals surface area (Å²) >= 11 is 0. The summed E-state index contributed by atoms with van der Waals surface area (Å²) in [5, 5.41) is 8.84. The van der Waals surface area contributed by atoms with Crippen LogP contribution in [-0.2, 0) is 5.54 Å². The molecule has 0 aliphatic heterocycles. The first-order chi connectivity index (χ1) is 8.08. The van der Waals surface area contributed by atoms with Gasteiger partial charge in [-0.3, -0.25) is 0 Å². The van der Waals surface area contributed by atoms with Crippen molar-refractivity contribution in [3.63, 3.8) is 0 Å². The zero-order valence-corrected chi connectivity index (χ0v) is 9.38. The van der Waals surface area contributed by atoms with Crippen LogP contribution in [0.3, 0.4) is 0 Å². The Morgan fingerprint density at radius 1 is 1.22 bits per heavy atom. The fourth-order valence-corrected chi connectivity index (χ4v) is 1.54. The molecule has 1 aromatic carbocycles. The number of halogens is 5. The van der Waals surface area contributed by atoms with Gasteiger partial charge in [0.1, 0.15) is 5.82 Å². The van der Waals surface area contributed by atoms with E-state index in [1.54, 1.807) is 0 Å². The standard InChI is InChI=1S/C11H12F5NO/c1-10(17,6-4-2-3-5-7(6)12)8(13)9(18)11(14,15)16/h2-5,8-9,18H,17H2,1H3/t8-,9+,10+/m0/s1. The summed E-state index contributed by atoms with van der Waals surface area (Å²) in [4.78, 5) is 0. The van der Waals surface area contributed by atoms with Crippen molar-refractivity contribution in [2.24, 2.45) is 5.73 Å². The van der Waals surface area contributed by atoms with Crippen LogP contribution in [0.25, 0.3) is 0 Å². The molecule has 0 unspecified atom stereocenters. The third kappa shape index (κ3) is 2.78. The highest BCUT2D eigenvalue weighted by atomic mass is 19.4. The van der Waals surface area contributed by atoms with Crippen molar-refractivity contribution in [2.45, 2.75) is 30.9 Å². The van der Waals surface area contributed by atoms with Gasteiger partial charge >= 0.3 is 6.18 Å². The highest BCUT2D eigenvalue weighted by Gasteiger charge is 2.51. The Bertz CT molecular complexity index is 418. The maximum Gasteiger partial charge on any atom is 0.417 e. The maximum absolute atomic E-state index is 13.7. The Hall–Kier alpha value is -1.21. The number of hydrogen-bond acceptors (Lipinski definition) is 2. The molecule has 0 bridgehead atoms. The summed E-state index contributed by atoms with van der Waals surface area (Å²) in [5.41, 5.74) is 2.68. The van der Waals surface area contributed by atoms with Gasteiger partial charge in [0.05, 0.1) is 5.54 Å². The predicted molar refractivity (Wildman–Crippen MR) is 54.9 cm³/mol. The average molecular weight is 269 g/mol. The third-order valence-electron chi connectivity index (χ3n) is 2.64. The number of benzene rings is 1. The van der Waals surface area contributed by atoms with Gasteiger partial charge in [0.2, 0.25) is 0 Å². The lowest BCUT2D eigenvalue weighted by Gasteiger charge is -2.33. The Kier molecular flexibility index (Phi) is 3.97. The van der Waals surface area contributed by atoms with E-state index in [1.807, 2.05) is 0 Å². The highest BCUT2D eigenvalue weighted by Crippen LogP contribution is 2.34. The summed E-state index contributed by atoms with van der Waals surface area (Å²) in [6.07, 6.45) is -11.3. The van der Waals surface area contributed by atoms with Crippen molar-refractivity contribution in [2.75, 3.05) is 0 Å². The lowest BCUT2D eigenvalue weighted by Crippen LogP contribution is -2.53. The molecule has 2 nitrogen and oxygen atoms in total. The minimum atomic E-state index is -5.16. The molecule has 0 heterocycles. The van der Waals surface area contributed by atoms with E-state index in [0.29, 0.717) is 0 Å². The van der Waals surface area contributed by atoms with Crippen molar-refractivity contribution < 1.29 is 27.1 Å². The van der Waals surface area contributed by atoms with E-state index < -0.39 is 35.4 Å². The van der Waals surface area contributed by atoms with E-state index in [2.05, 4.69) is 0 Å². The maximum atomic E-state index is 13.7. The van der Waals surface area contributed by atoms with Gasteiger partial charge in [-0.2, -0.15) is 13.2 Å². The summed E-state index contributed by atoms with van der Waals surface area (Å²) in [6, 6.07) is 4.64. The van der Waals surface area contributed by atoms with Crippen molar-refractivity contribution in [1.29, 1.82) is 0 Å². The predicted octanol–water partition coefficient (Wildman–Crippen LogP) is 2.26. The van der Waals surface area contributed by atoms with Gasteiger partial charge in [-0.05, 0) is 13.0 Å². The largest absolute Gasteiger partial charge is 0.417 e. The second-order valence-electron chi connectivity index (χ2n) is 4.15. The molecule has 7 heteroatoms. The summed E-state index contributed by atoms with van der Waals surface area (Å²) in [7, 11) is 0. The number of aliphatic hydroxyl groups is 1. The monoisotopic (exact) mass is 269 g/mol. The molecule has 0 fully saturated rings. The molecule has 0 saturated carbocycles. The van der Waals surface area contributed by atoms with Gasteiger partial charge in [0, 0.05) is 5.56 Å². The van der Waals surface area contributed by atoms with E-state index in [-0.39, 0.29) is 0 Å². The SMILES string of the molecule is C[C@@](N)(c1ccccc1F)[C@@H](F)[C@@H](O)C(F)(F)F. The van der Waals surface area contributed by atoms with E-state index in [1.165, 1.54) is 12.1 Å². The van der Waals surface area contributed by atoms with Gasteiger partial charge in [0.25, 0.3) is 0 Å². The average Bonchev–Trinajstić information content (AvgIpc) is 2.26. The number of nitrogens with two attached hydrogens (primary N) is 1. The first kappa shape index (κ1) is 14.8. The van der Waals surface area contributed by atoms with E-state index in [0.717, 1.165) is 19.1 Å². The smallest absolute Gasteiger partial charge is 0.381 e. The van der Waals surface area contributed by atoms with Crippen molar-refractivity contribution in [3.05, 3.63) is 35.6 Å². The minimum absolute atomic E-state index is 0.430. The zero-order chi connectivity index (χ0) is 14.1. The lowest BCUT2D eigenvalue weighted by molar-refractivity contribution is -0.227. The minimum Gasteiger partial charge on any atom is -0.381 e. The van der Waals surface area contributed by atoms with Crippen LogP contribution in [0.2, 0.25) is 0 Å². The molecule has 1 rings (SSSR count). The number of aliphatic hydroxyl groups excluding tert-OH is 1. The molecule has 0 aliphatic carbocycles. The number of hydrogen-bond donors (Lipinski definition) is 2. The topological polar surface area (TPSA) is 46.2 Å². The first-order valence-corrected chi connectivity index (χ1v) is 5.01. The second-order valence-corrected chi connectivity index (χ2v) is 4.15. The van der Waals surface area contributed by atoms with Gasteiger partial charge in [0.15, 0.2) is 12.3 Å². The Morgan fingerprint density at radius 2 is 1.72 bits per heavy atom. The molecule has 3 atom stereocenters.